The lowest BCUT2D eigenvalue weighted by atomic mass is 9.98. The van der Waals surface area contributed by atoms with Crippen molar-refractivity contribution < 1.29 is 31.7 Å². The predicted molar refractivity (Wildman–Crippen MR) is 158 cm³/mol. The van der Waals surface area contributed by atoms with Gasteiger partial charge in [0.05, 0.1) is 19.1 Å². The number of ether oxygens (including phenoxy) is 2. The van der Waals surface area contributed by atoms with E-state index in [-0.39, 0.29) is 36.2 Å². The molecule has 0 bridgehead atoms. The Hall–Kier alpha value is -4.63. The molecule has 1 unspecified atom stereocenters. The minimum atomic E-state index is -4.03. The lowest BCUT2D eigenvalue weighted by molar-refractivity contribution is -0.143. The average molecular weight is 586 g/mol. The van der Waals surface area contributed by atoms with Gasteiger partial charge < -0.3 is 19.0 Å². The Bertz CT molecular complexity index is 1640. The van der Waals surface area contributed by atoms with Gasteiger partial charge in [-0.2, -0.15) is 8.42 Å². The molecular weight excluding hydrogens is 554 g/mol. The number of carbonyl (C=O) groups excluding carboxylic acids is 2. The summed E-state index contributed by atoms with van der Waals surface area (Å²) in [5.74, 6) is -0.516. The number of hydrogen-bond acceptors (Lipinski definition) is 7. The topological polar surface area (TPSA) is 108 Å². The van der Waals surface area contributed by atoms with Crippen LogP contribution >= 0.6 is 0 Å². The molecular formula is C33H31NO7S. The molecule has 0 saturated heterocycles. The van der Waals surface area contributed by atoms with Crippen molar-refractivity contribution in [3.8, 4) is 16.9 Å². The summed E-state index contributed by atoms with van der Waals surface area (Å²) in [4.78, 5) is 25.4. The molecule has 8 nitrogen and oxygen atoms in total. The Morgan fingerprint density at radius 2 is 1.40 bits per heavy atom. The first-order valence-electron chi connectivity index (χ1n) is 13.6. The molecule has 42 heavy (non-hydrogen) atoms. The number of alkyl carbamates (subject to hydrolysis) is 1. The summed E-state index contributed by atoms with van der Waals surface area (Å²) in [5.41, 5.74) is 5.89. The van der Waals surface area contributed by atoms with Crippen LogP contribution in [0.25, 0.3) is 11.1 Å². The van der Waals surface area contributed by atoms with Crippen molar-refractivity contribution in [2.45, 2.75) is 37.1 Å². The number of rotatable bonds is 10. The molecule has 9 heteroatoms. The number of nitrogens with one attached hydrogen (secondary N) is 1. The van der Waals surface area contributed by atoms with Crippen LogP contribution in [-0.4, -0.2) is 33.7 Å². The van der Waals surface area contributed by atoms with Crippen LogP contribution in [0.4, 0.5) is 4.79 Å². The van der Waals surface area contributed by atoms with Gasteiger partial charge >= 0.3 is 22.2 Å². The second kappa shape index (κ2) is 12.5. The van der Waals surface area contributed by atoms with Crippen LogP contribution in [-0.2, 0) is 24.4 Å². The molecule has 0 aliphatic heterocycles. The third kappa shape index (κ3) is 6.47. The summed E-state index contributed by atoms with van der Waals surface area (Å²) in [7, 11) is -4.03. The van der Waals surface area contributed by atoms with Gasteiger partial charge in [-0.25, -0.2) is 4.79 Å². The molecule has 0 spiro atoms. The Morgan fingerprint density at radius 1 is 0.810 bits per heavy atom. The van der Waals surface area contributed by atoms with E-state index in [1.165, 1.54) is 24.3 Å². The molecule has 0 aromatic heterocycles. The van der Waals surface area contributed by atoms with Crippen molar-refractivity contribution in [1.82, 2.24) is 5.32 Å². The van der Waals surface area contributed by atoms with Crippen molar-refractivity contribution >= 4 is 22.2 Å². The van der Waals surface area contributed by atoms with Crippen molar-refractivity contribution in [2.75, 3.05) is 13.2 Å². The van der Waals surface area contributed by atoms with E-state index in [1.54, 1.807) is 31.2 Å². The van der Waals surface area contributed by atoms with Crippen LogP contribution in [0.5, 0.6) is 5.75 Å². The van der Waals surface area contributed by atoms with Gasteiger partial charge in [0, 0.05) is 5.92 Å². The maximum Gasteiger partial charge on any atom is 0.407 e. The van der Waals surface area contributed by atoms with Gasteiger partial charge in [0.25, 0.3) is 0 Å². The second-order valence-electron chi connectivity index (χ2n) is 9.95. The summed E-state index contributed by atoms with van der Waals surface area (Å²) in [6.45, 7) is 3.88. The minimum absolute atomic E-state index is 0.0364. The molecule has 0 fully saturated rings. The van der Waals surface area contributed by atoms with E-state index in [9.17, 15) is 18.0 Å². The molecule has 1 amide bonds. The van der Waals surface area contributed by atoms with E-state index in [0.717, 1.165) is 27.8 Å². The van der Waals surface area contributed by atoms with Crippen LogP contribution in [0.1, 0.15) is 47.6 Å². The lowest BCUT2D eigenvalue weighted by Gasteiger charge is -2.20. The van der Waals surface area contributed by atoms with E-state index in [4.69, 9.17) is 13.7 Å². The molecule has 216 valence electrons. The number of esters is 1. The molecule has 0 radical (unpaired) electrons. The predicted octanol–water partition coefficient (Wildman–Crippen LogP) is 6.30. The fraction of sp³-hybridized carbons (Fsp3) is 0.212. The number of fused-ring (bicyclic) bond motifs is 3. The third-order valence-electron chi connectivity index (χ3n) is 7.11. The monoisotopic (exact) mass is 585 g/mol. The standard InChI is InChI=1S/C33H31NO7S/c1-3-39-32(35)20-31(23-14-16-24(17-15-23)41-42(37,38)25-18-12-22(2)13-19-25)34-33(36)40-21-30-28-10-6-4-8-26(28)27-9-5-7-11-29(27)30/h4-19,30-31H,3,20-21H2,1-2H3,(H,34,36). The van der Waals surface area contributed by atoms with Crippen molar-refractivity contribution in [3.63, 3.8) is 0 Å². The van der Waals surface area contributed by atoms with E-state index in [2.05, 4.69) is 17.4 Å². The van der Waals surface area contributed by atoms with Crippen molar-refractivity contribution in [3.05, 3.63) is 119 Å². The highest BCUT2D eigenvalue weighted by molar-refractivity contribution is 7.87. The Balaban J connectivity index is 1.28. The molecule has 4 aromatic rings. The van der Waals surface area contributed by atoms with Gasteiger partial charge in [0.2, 0.25) is 0 Å². The molecule has 0 saturated carbocycles. The molecule has 1 aliphatic carbocycles. The fourth-order valence-corrected chi connectivity index (χ4v) is 5.99. The van der Waals surface area contributed by atoms with Gasteiger partial charge in [-0.3, -0.25) is 4.79 Å². The zero-order chi connectivity index (χ0) is 29.7. The van der Waals surface area contributed by atoms with Gasteiger partial charge in [-0.1, -0.05) is 78.4 Å². The molecule has 1 atom stereocenters. The van der Waals surface area contributed by atoms with E-state index >= 15 is 0 Å². The van der Waals surface area contributed by atoms with Gasteiger partial charge in [-0.15, -0.1) is 0 Å². The van der Waals surface area contributed by atoms with Crippen molar-refractivity contribution in [1.29, 1.82) is 0 Å². The highest BCUT2D eigenvalue weighted by Gasteiger charge is 2.29. The maximum absolute atomic E-state index is 13.0. The van der Waals surface area contributed by atoms with E-state index < -0.39 is 28.2 Å². The molecule has 4 aromatic carbocycles. The minimum Gasteiger partial charge on any atom is -0.466 e. The maximum atomic E-state index is 13.0. The van der Waals surface area contributed by atoms with Crippen LogP contribution in [0.15, 0.2) is 102 Å². The summed E-state index contributed by atoms with van der Waals surface area (Å²) >= 11 is 0. The first-order chi connectivity index (χ1) is 20.2. The van der Waals surface area contributed by atoms with Crippen LogP contribution in [0, 0.1) is 6.92 Å². The quantitative estimate of drug-likeness (QED) is 0.172. The van der Waals surface area contributed by atoms with Crippen molar-refractivity contribution in [2.24, 2.45) is 0 Å². The lowest BCUT2D eigenvalue weighted by Crippen LogP contribution is -2.32. The average Bonchev–Trinajstić information content (AvgIpc) is 3.30. The Labute approximate surface area is 245 Å². The van der Waals surface area contributed by atoms with Gasteiger partial charge in [0.1, 0.15) is 17.3 Å². The normalized spacial score (nSPS) is 13.0. The zero-order valence-corrected chi connectivity index (χ0v) is 24.1. The SMILES string of the molecule is CCOC(=O)CC(NC(=O)OCC1c2ccccc2-c2ccccc21)c1ccc(OS(=O)(=O)c2ccc(C)cc2)cc1. The third-order valence-corrected chi connectivity index (χ3v) is 8.37. The fourth-order valence-electron chi connectivity index (χ4n) is 5.06. The highest BCUT2D eigenvalue weighted by atomic mass is 32.2. The zero-order valence-electron chi connectivity index (χ0n) is 23.3. The molecule has 1 N–H and O–H groups in total. The van der Waals surface area contributed by atoms with Gasteiger partial charge in [-0.05, 0) is 65.9 Å². The second-order valence-corrected chi connectivity index (χ2v) is 11.5. The molecule has 0 heterocycles. The number of carbonyl (C=O) groups is 2. The van der Waals surface area contributed by atoms with E-state index in [1.807, 2.05) is 43.3 Å². The highest BCUT2D eigenvalue weighted by Crippen LogP contribution is 2.44. The van der Waals surface area contributed by atoms with E-state index in [0.29, 0.717) is 5.56 Å². The Kier molecular flexibility index (Phi) is 8.59. The largest absolute Gasteiger partial charge is 0.466 e. The van der Waals surface area contributed by atoms with Crippen LogP contribution < -0.4 is 9.50 Å². The summed E-state index contributed by atoms with van der Waals surface area (Å²) in [6, 6.07) is 27.8. The van der Waals surface area contributed by atoms with Crippen LogP contribution in [0.3, 0.4) is 0 Å². The Morgan fingerprint density at radius 3 is 2.00 bits per heavy atom. The smallest absolute Gasteiger partial charge is 0.407 e. The number of hydrogen-bond donors (Lipinski definition) is 1. The first-order valence-corrected chi connectivity index (χ1v) is 15.0. The summed E-state index contributed by atoms with van der Waals surface area (Å²) in [6.07, 6.45) is -0.826. The van der Waals surface area contributed by atoms with Gasteiger partial charge in [0.15, 0.2) is 0 Å². The number of aryl methyl sites for hydroxylation is 1. The summed E-state index contributed by atoms with van der Waals surface area (Å²) < 4.78 is 41.4. The first kappa shape index (κ1) is 28.9. The number of amides is 1. The summed E-state index contributed by atoms with van der Waals surface area (Å²) in [5, 5.41) is 2.77. The van der Waals surface area contributed by atoms with Crippen LogP contribution in [0.2, 0.25) is 0 Å². The molecule has 1 aliphatic rings. The number of benzene rings is 4. The molecule has 5 rings (SSSR count).